The summed E-state index contributed by atoms with van der Waals surface area (Å²) < 4.78 is 7.06. The van der Waals surface area contributed by atoms with E-state index < -0.39 is 30.6 Å². The number of nitrogens with two attached hydrogens (primary N) is 1. The average Bonchev–Trinajstić information content (AvgIpc) is 3.54. The van der Waals surface area contributed by atoms with Gasteiger partial charge >= 0.3 is 0 Å². The summed E-state index contributed by atoms with van der Waals surface area (Å²) in [6.45, 7) is 7.85. The number of hydrogen-bond donors (Lipinski definition) is 6. The van der Waals surface area contributed by atoms with E-state index in [4.69, 9.17) is 10.5 Å². The third-order valence-corrected chi connectivity index (χ3v) is 5.73. The molecule has 0 saturated carbocycles. The summed E-state index contributed by atoms with van der Waals surface area (Å²) in [7, 11) is 0. The Labute approximate surface area is 200 Å². The van der Waals surface area contributed by atoms with E-state index in [-0.39, 0.29) is 5.82 Å². The fraction of sp³-hybridized carbons (Fsp3) is 0.429. The normalized spacial score (nSPS) is 23.9. The highest BCUT2D eigenvalue weighted by atomic mass is 16.6. The van der Waals surface area contributed by atoms with Crippen LogP contribution in [0, 0.1) is 0 Å². The Morgan fingerprint density at radius 1 is 1.23 bits per heavy atom. The standard InChI is InChI=1S/C11H15N5O4.C10H13N5/c1-11(8(19)7(18)5(2-17)20-11)16-4-15-6-9(12)13-3-14-10(6)16;1-7(2)3-4-11-9-8-10(13-5-12-8)15-6-14-9/h3-5,7-8,17-19H,2H2,1H3,(H2,12,13,14);5-6H,1,3-4H2,2H3,(H2,11,12,13,14,15)/t5-,7-,8-,11-;/m1./s1. The van der Waals surface area contributed by atoms with Gasteiger partial charge in [0.2, 0.25) is 0 Å². The number of nitrogen functional groups attached to an aromatic ring is 1. The minimum absolute atomic E-state index is 0.212. The van der Waals surface area contributed by atoms with Crippen molar-refractivity contribution in [3.63, 3.8) is 0 Å². The Hall–Kier alpha value is -3.72. The van der Waals surface area contributed by atoms with Gasteiger partial charge in [0, 0.05) is 6.54 Å². The highest BCUT2D eigenvalue weighted by Crippen LogP contribution is 2.37. The number of aliphatic hydroxyl groups is 3. The molecule has 5 heterocycles. The third kappa shape index (κ3) is 4.64. The van der Waals surface area contributed by atoms with E-state index in [1.807, 2.05) is 6.92 Å². The van der Waals surface area contributed by atoms with Gasteiger partial charge in [-0.05, 0) is 20.3 Å². The number of H-pyrrole nitrogens is 1. The molecule has 1 aliphatic heterocycles. The molecular formula is C21H28N10O4. The summed E-state index contributed by atoms with van der Waals surface area (Å²) in [5, 5.41) is 32.5. The van der Waals surface area contributed by atoms with Crippen molar-refractivity contribution in [2.24, 2.45) is 0 Å². The fourth-order valence-corrected chi connectivity index (χ4v) is 3.78. The third-order valence-electron chi connectivity index (χ3n) is 5.73. The smallest absolute Gasteiger partial charge is 0.182 e. The molecule has 4 atom stereocenters. The van der Waals surface area contributed by atoms with Gasteiger partial charge < -0.3 is 36.1 Å². The summed E-state index contributed by atoms with van der Waals surface area (Å²) in [6.07, 6.45) is 3.41. The molecule has 0 bridgehead atoms. The number of imidazole rings is 2. The van der Waals surface area contributed by atoms with E-state index in [2.05, 4.69) is 46.8 Å². The maximum absolute atomic E-state index is 10.2. The fourth-order valence-electron chi connectivity index (χ4n) is 3.78. The average molecular weight is 485 g/mol. The molecule has 0 spiro atoms. The molecule has 0 radical (unpaired) electrons. The van der Waals surface area contributed by atoms with Crippen molar-refractivity contribution in [3.8, 4) is 0 Å². The second kappa shape index (κ2) is 9.87. The highest BCUT2D eigenvalue weighted by molar-refractivity contribution is 5.82. The van der Waals surface area contributed by atoms with Gasteiger partial charge in [0.1, 0.15) is 42.0 Å². The lowest BCUT2D eigenvalue weighted by Crippen LogP contribution is -2.43. The number of hydrogen-bond acceptors (Lipinski definition) is 12. The number of ether oxygens (including phenoxy) is 1. The van der Waals surface area contributed by atoms with Gasteiger partial charge in [-0.3, -0.25) is 4.57 Å². The van der Waals surface area contributed by atoms with Crippen molar-refractivity contribution >= 4 is 34.0 Å². The number of rotatable bonds is 6. The predicted octanol–water partition coefficient (Wildman–Crippen LogP) is -0.0749. The molecule has 4 aromatic rings. The molecule has 4 aromatic heterocycles. The monoisotopic (exact) mass is 484 g/mol. The second-order valence-electron chi connectivity index (χ2n) is 8.33. The number of nitrogens with one attached hydrogen (secondary N) is 2. The Morgan fingerprint density at radius 2 is 2.00 bits per heavy atom. The molecule has 186 valence electrons. The van der Waals surface area contributed by atoms with Crippen LogP contribution in [0.15, 0.2) is 37.5 Å². The van der Waals surface area contributed by atoms with Crippen molar-refractivity contribution in [2.75, 3.05) is 24.2 Å². The molecular weight excluding hydrogens is 456 g/mol. The molecule has 14 nitrogen and oxygen atoms in total. The molecule has 1 aliphatic rings. The second-order valence-corrected chi connectivity index (χ2v) is 8.33. The molecule has 5 rings (SSSR count). The SMILES string of the molecule is C=C(C)CCNc1ncnc2nc[nH]c12.C[C@@]1(n2cnc3c(N)ncnc32)O[C@H](CO)[C@@H](O)[C@H]1O. The maximum atomic E-state index is 10.2. The molecule has 1 saturated heterocycles. The summed E-state index contributed by atoms with van der Waals surface area (Å²) in [5.74, 6) is 1.00. The largest absolute Gasteiger partial charge is 0.394 e. The van der Waals surface area contributed by atoms with Crippen molar-refractivity contribution in [3.05, 3.63) is 37.5 Å². The predicted molar refractivity (Wildman–Crippen MR) is 127 cm³/mol. The number of anilines is 2. The minimum Gasteiger partial charge on any atom is -0.394 e. The van der Waals surface area contributed by atoms with Crippen molar-refractivity contribution < 1.29 is 20.1 Å². The first-order valence-electron chi connectivity index (χ1n) is 10.9. The van der Waals surface area contributed by atoms with E-state index in [0.717, 1.165) is 29.9 Å². The van der Waals surface area contributed by atoms with E-state index >= 15 is 0 Å². The van der Waals surface area contributed by atoms with Crippen LogP contribution in [0.3, 0.4) is 0 Å². The molecule has 35 heavy (non-hydrogen) atoms. The van der Waals surface area contributed by atoms with Gasteiger partial charge in [-0.25, -0.2) is 29.9 Å². The molecule has 0 unspecified atom stereocenters. The number of aromatic nitrogens is 8. The van der Waals surface area contributed by atoms with Crippen LogP contribution in [0.25, 0.3) is 22.3 Å². The molecule has 0 amide bonds. The van der Waals surface area contributed by atoms with Crippen molar-refractivity contribution in [1.82, 2.24) is 39.5 Å². The number of fused-ring (bicyclic) bond motifs is 2. The first-order valence-corrected chi connectivity index (χ1v) is 10.9. The number of nitrogens with zero attached hydrogens (tertiary/aromatic N) is 7. The summed E-state index contributed by atoms with van der Waals surface area (Å²) in [5.41, 5.74) is 7.84. The van der Waals surface area contributed by atoms with Gasteiger partial charge in [-0.2, -0.15) is 0 Å². The van der Waals surface area contributed by atoms with Crippen LogP contribution in [0.1, 0.15) is 20.3 Å². The number of aromatic amines is 1. The zero-order chi connectivity index (χ0) is 25.2. The van der Waals surface area contributed by atoms with Gasteiger partial charge in [-0.1, -0.05) is 5.57 Å². The molecule has 0 aromatic carbocycles. The summed E-state index contributed by atoms with van der Waals surface area (Å²) in [6, 6.07) is 0. The van der Waals surface area contributed by atoms with Crippen molar-refractivity contribution in [2.45, 2.75) is 44.3 Å². The Kier molecular flexibility index (Phi) is 6.88. The Morgan fingerprint density at radius 3 is 2.71 bits per heavy atom. The van der Waals surface area contributed by atoms with E-state index in [1.54, 1.807) is 13.3 Å². The topological polar surface area (TPSA) is 206 Å². The molecule has 0 aliphatic carbocycles. The quantitative estimate of drug-likeness (QED) is 0.199. The lowest BCUT2D eigenvalue weighted by Gasteiger charge is -2.29. The van der Waals surface area contributed by atoms with Crippen LogP contribution < -0.4 is 11.1 Å². The van der Waals surface area contributed by atoms with E-state index in [0.29, 0.717) is 16.8 Å². The van der Waals surface area contributed by atoms with Gasteiger partial charge in [0.25, 0.3) is 0 Å². The zero-order valence-corrected chi connectivity index (χ0v) is 19.3. The first-order chi connectivity index (χ1) is 16.8. The first kappa shape index (κ1) is 24.4. The van der Waals surface area contributed by atoms with Gasteiger partial charge in [-0.15, -0.1) is 6.58 Å². The Bertz CT molecular complexity index is 1320. The van der Waals surface area contributed by atoms with Crippen LogP contribution in [-0.4, -0.2) is 86.2 Å². The van der Waals surface area contributed by atoms with Crippen LogP contribution >= 0.6 is 0 Å². The van der Waals surface area contributed by atoms with Gasteiger partial charge in [0.15, 0.2) is 28.7 Å². The summed E-state index contributed by atoms with van der Waals surface area (Å²) >= 11 is 0. The maximum Gasteiger partial charge on any atom is 0.182 e. The zero-order valence-electron chi connectivity index (χ0n) is 19.3. The Balaban J connectivity index is 0.000000172. The molecule has 14 heteroatoms. The van der Waals surface area contributed by atoms with Crippen LogP contribution in [-0.2, 0) is 10.5 Å². The minimum atomic E-state index is -1.30. The summed E-state index contributed by atoms with van der Waals surface area (Å²) in [4.78, 5) is 27.3. The number of aliphatic hydroxyl groups excluding tert-OH is 3. The van der Waals surface area contributed by atoms with Gasteiger partial charge in [0.05, 0.1) is 19.3 Å². The van der Waals surface area contributed by atoms with Crippen molar-refractivity contribution in [1.29, 1.82) is 0 Å². The van der Waals surface area contributed by atoms with E-state index in [1.165, 1.54) is 23.5 Å². The van der Waals surface area contributed by atoms with Crippen LogP contribution in [0.5, 0.6) is 0 Å². The van der Waals surface area contributed by atoms with Crippen LogP contribution in [0.2, 0.25) is 0 Å². The molecule has 7 N–H and O–H groups in total. The van der Waals surface area contributed by atoms with Crippen LogP contribution in [0.4, 0.5) is 11.6 Å². The lowest BCUT2D eigenvalue weighted by atomic mass is 10.0. The highest BCUT2D eigenvalue weighted by Gasteiger charge is 2.52. The van der Waals surface area contributed by atoms with E-state index in [9.17, 15) is 15.3 Å². The lowest BCUT2D eigenvalue weighted by molar-refractivity contribution is -0.132. The molecule has 1 fully saturated rings.